The van der Waals surface area contributed by atoms with Gasteiger partial charge in [-0.15, -0.1) is 0 Å². The fraction of sp³-hybridized carbons (Fsp3) is 0.364. The monoisotopic (exact) mass is 380 g/mol. The molecule has 0 unspecified atom stereocenters. The number of benzene rings is 2. The van der Waals surface area contributed by atoms with Crippen LogP contribution in [0.5, 0.6) is 0 Å². The maximum atomic E-state index is 13.4. The number of halogens is 1. The van der Waals surface area contributed by atoms with E-state index in [1.165, 1.54) is 17.6 Å². The predicted octanol–water partition coefficient (Wildman–Crippen LogP) is 1.97. The summed E-state index contributed by atoms with van der Waals surface area (Å²) in [4.78, 5) is 26.4. The smallest absolute Gasteiger partial charge is 0.223 e. The SMILES string of the molecule is Bc1ccc([C@H](C)N2CC[C@](CCC(N)=O)(c3ccc(F)cc3)CC2=O)cc1. The van der Waals surface area contributed by atoms with E-state index in [1.54, 1.807) is 12.1 Å². The number of nitrogens with zero attached hydrogens (tertiary/aromatic N) is 1. The van der Waals surface area contributed by atoms with Gasteiger partial charge in [-0.25, -0.2) is 4.39 Å². The molecule has 0 bridgehead atoms. The molecule has 1 fully saturated rings. The molecular formula is C22H26BFN2O2. The second kappa shape index (κ2) is 8.17. The minimum Gasteiger partial charge on any atom is -0.370 e. The molecule has 2 aromatic carbocycles. The maximum Gasteiger partial charge on any atom is 0.223 e. The lowest BCUT2D eigenvalue weighted by molar-refractivity contribution is -0.139. The topological polar surface area (TPSA) is 63.4 Å². The van der Waals surface area contributed by atoms with Gasteiger partial charge in [0.05, 0.1) is 6.04 Å². The Bertz CT molecular complexity index is 854. The highest BCUT2D eigenvalue weighted by molar-refractivity contribution is 6.32. The van der Waals surface area contributed by atoms with E-state index in [9.17, 15) is 14.0 Å². The van der Waals surface area contributed by atoms with E-state index in [4.69, 9.17) is 5.73 Å². The van der Waals surface area contributed by atoms with Crippen LogP contribution in [0, 0.1) is 5.82 Å². The first-order valence-corrected chi connectivity index (χ1v) is 9.71. The number of carbonyl (C=O) groups is 2. The standard InChI is InChI=1S/C22H26BFN2O2/c1-15(16-2-6-18(23)7-3-16)26-13-12-22(14-21(26)28,11-10-20(25)27)17-4-8-19(24)9-5-17/h2-9,15H,10-14,23H2,1H3,(H2,25,27)/t15-,22-/m0/s1. The second-order valence-electron chi connectivity index (χ2n) is 7.85. The number of hydrogen-bond acceptors (Lipinski definition) is 2. The Morgan fingerprint density at radius 2 is 1.86 bits per heavy atom. The van der Waals surface area contributed by atoms with Crippen LogP contribution in [0.4, 0.5) is 4.39 Å². The van der Waals surface area contributed by atoms with Gasteiger partial charge in [0.1, 0.15) is 13.7 Å². The molecule has 0 spiro atoms. The Hall–Kier alpha value is -2.63. The lowest BCUT2D eigenvalue weighted by Crippen LogP contribution is -2.47. The summed E-state index contributed by atoms with van der Waals surface area (Å²) < 4.78 is 13.4. The maximum absolute atomic E-state index is 13.4. The zero-order chi connectivity index (χ0) is 20.3. The Kier molecular flexibility index (Phi) is 5.87. The van der Waals surface area contributed by atoms with Crippen LogP contribution in [0.15, 0.2) is 48.5 Å². The second-order valence-corrected chi connectivity index (χ2v) is 7.85. The fourth-order valence-electron chi connectivity index (χ4n) is 4.14. The first-order chi connectivity index (χ1) is 13.3. The molecule has 3 rings (SSSR count). The van der Waals surface area contributed by atoms with Crippen molar-refractivity contribution in [2.75, 3.05) is 6.54 Å². The summed E-state index contributed by atoms with van der Waals surface area (Å²) in [5.41, 5.74) is 8.07. The Labute approximate surface area is 166 Å². The summed E-state index contributed by atoms with van der Waals surface area (Å²) in [5.74, 6) is -0.650. The van der Waals surface area contributed by atoms with E-state index in [2.05, 4.69) is 24.3 Å². The molecular weight excluding hydrogens is 354 g/mol. The van der Waals surface area contributed by atoms with Crippen molar-refractivity contribution < 1.29 is 14.0 Å². The van der Waals surface area contributed by atoms with Gasteiger partial charge in [-0.05, 0) is 43.0 Å². The first-order valence-electron chi connectivity index (χ1n) is 9.71. The number of primary amides is 1. The van der Waals surface area contributed by atoms with Crippen molar-refractivity contribution in [1.82, 2.24) is 4.90 Å². The zero-order valence-electron chi connectivity index (χ0n) is 16.5. The highest BCUT2D eigenvalue weighted by Gasteiger charge is 2.41. The molecule has 0 saturated carbocycles. The molecule has 1 aliphatic heterocycles. The van der Waals surface area contributed by atoms with Crippen LogP contribution in [0.3, 0.4) is 0 Å². The van der Waals surface area contributed by atoms with Crippen molar-refractivity contribution in [2.45, 2.75) is 44.1 Å². The van der Waals surface area contributed by atoms with E-state index in [0.717, 1.165) is 11.1 Å². The molecule has 6 heteroatoms. The summed E-state index contributed by atoms with van der Waals surface area (Å²) in [5, 5.41) is 0. The highest BCUT2D eigenvalue weighted by Crippen LogP contribution is 2.42. The van der Waals surface area contributed by atoms with Crippen LogP contribution in [0.1, 0.15) is 49.8 Å². The van der Waals surface area contributed by atoms with Crippen LogP contribution in [0.25, 0.3) is 0 Å². The quantitative estimate of drug-likeness (QED) is 0.779. The van der Waals surface area contributed by atoms with Gasteiger partial charge in [0.25, 0.3) is 0 Å². The number of amides is 2. The molecule has 0 radical (unpaired) electrons. The fourth-order valence-corrected chi connectivity index (χ4v) is 4.14. The number of carbonyl (C=O) groups excluding carboxylic acids is 2. The molecule has 2 aromatic rings. The molecule has 2 N–H and O–H groups in total. The van der Waals surface area contributed by atoms with Crippen LogP contribution >= 0.6 is 0 Å². The molecule has 28 heavy (non-hydrogen) atoms. The highest BCUT2D eigenvalue weighted by atomic mass is 19.1. The van der Waals surface area contributed by atoms with Crippen LogP contribution < -0.4 is 11.2 Å². The average molecular weight is 380 g/mol. The van der Waals surface area contributed by atoms with Gasteiger partial charge in [0.2, 0.25) is 11.8 Å². The summed E-state index contributed by atoms with van der Waals surface area (Å²) in [6, 6.07) is 14.5. The molecule has 146 valence electrons. The van der Waals surface area contributed by atoms with Gasteiger partial charge in [0, 0.05) is 24.8 Å². The number of hydrogen-bond donors (Lipinski definition) is 1. The summed E-state index contributed by atoms with van der Waals surface area (Å²) >= 11 is 0. The third-order valence-electron chi connectivity index (χ3n) is 5.98. The van der Waals surface area contributed by atoms with Gasteiger partial charge in [-0.1, -0.05) is 41.9 Å². The average Bonchev–Trinajstić information content (AvgIpc) is 2.67. The van der Waals surface area contributed by atoms with Crippen molar-refractivity contribution in [3.05, 3.63) is 65.5 Å². The minimum absolute atomic E-state index is 0.0181. The summed E-state index contributed by atoms with van der Waals surface area (Å²) in [6.45, 7) is 2.63. The van der Waals surface area contributed by atoms with E-state index < -0.39 is 5.41 Å². The van der Waals surface area contributed by atoms with Crippen LogP contribution in [0.2, 0.25) is 0 Å². The lowest BCUT2D eigenvalue weighted by atomic mass is 9.69. The number of rotatable bonds is 6. The van der Waals surface area contributed by atoms with Crippen molar-refractivity contribution >= 4 is 25.1 Å². The van der Waals surface area contributed by atoms with Crippen molar-refractivity contribution in [2.24, 2.45) is 5.73 Å². The lowest BCUT2D eigenvalue weighted by Gasteiger charge is -2.44. The molecule has 1 aliphatic rings. The molecule has 4 nitrogen and oxygen atoms in total. The predicted molar refractivity (Wildman–Crippen MR) is 110 cm³/mol. The van der Waals surface area contributed by atoms with Gasteiger partial charge >= 0.3 is 0 Å². The minimum atomic E-state index is -0.483. The van der Waals surface area contributed by atoms with E-state index in [0.29, 0.717) is 25.8 Å². The third-order valence-corrected chi connectivity index (χ3v) is 5.98. The van der Waals surface area contributed by atoms with Crippen LogP contribution in [-0.4, -0.2) is 31.1 Å². The number of likely N-dealkylation sites (tertiary alicyclic amines) is 1. The first kappa shape index (κ1) is 20.1. The van der Waals surface area contributed by atoms with Crippen LogP contribution in [-0.2, 0) is 15.0 Å². The van der Waals surface area contributed by atoms with Crippen molar-refractivity contribution in [3.8, 4) is 0 Å². The molecule has 2 amide bonds. The van der Waals surface area contributed by atoms with Gasteiger partial charge in [0.15, 0.2) is 0 Å². The molecule has 0 aliphatic carbocycles. The van der Waals surface area contributed by atoms with Crippen molar-refractivity contribution in [3.63, 3.8) is 0 Å². The van der Waals surface area contributed by atoms with E-state index in [-0.39, 0.29) is 30.1 Å². The Balaban J connectivity index is 1.83. The Morgan fingerprint density at radius 1 is 1.21 bits per heavy atom. The van der Waals surface area contributed by atoms with E-state index >= 15 is 0 Å². The zero-order valence-corrected chi connectivity index (χ0v) is 16.5. The third kappa shape index (κ3) is 4.27. The molecule has 1 saturated heterocycles. The summed E-state index contributed by atoms with van der Waals surface area (Å²) in [6.07, 6.45) is 1.71. The summed E-state index contributed by atoms with van der Waals surface area (Å²) in [7, 11) is 2.04. The number of nitrogens with two attached hydrogens (primary N) is 1. The largest absolute Gasteiger partial charge is 0.370 e. The van der Waals surface area contributed by atoms with E-state index in [1.807, 2.05) is 19.7 Å². The number of piperidine rings is 1. The Morgan fingerprint density at radius 3 is 2.43 bits per heavy atom. The molecule has 0 aromatic heterocycles. The molecule has 2 atom stereocenters. The van der Waals surface area contributed by atoms with Gasteiger partial charge in [-0.3, -0.25) is 9.59 Å². The van der Waals surface area contributed by atoms with Gasteiger partial charge < -0.3 is 10.6 Å². The normalized spacial score (nSPS) is 20.8. The molecule has 1 heterocycles. The van der Waals surface area contributed by atoms with Crippen molar-refractivity contribution in [1.29, 1.82) is 0 Å². The van der Waals surface area contributed by atoms with Gasteiger partial charge in [-0.2, -0.15) is 0 Å².